The summed E-state index contributed by atoms with van der Waals surface area (Å²) < 4.78 is 12.2. The number of amides is 4. The molecule has 12 nitrogen and oxygen atoms in total. The second-order valence-electron chi connectivity index (χ2n) is 14.2. The number of aliphatic hydroxyl groups excluding tert-OH is 1. The number of carbonyl (C=O) groups excluding carboxylic acids is 5. The lowest BCUT2D eigenvalue weighted by molar-refractivity contribution is -0.154. The predicted octanol–water partition coefficient (Wildman–Crippen LogP) is 6.66. The lowest BCUT2D eigenvalue weighted by atomic mass is 10.0. The van der Waals surface area contributed by atoms with E-state index in [-0.39, 0.29) is 30.7 Å². The van der Waals surface area contributed by atoms with E-state index in [9.17, 15) is 29.1 Å². The quantitative estimate of drug-likeness (QED) is 0.0630. The minimum Gasteiger partial charge on any atom is -0.451 e. The van der Waals surface area contributed by atoms with Crippen molar-refractivity contribution < 1.29 is 38.6 Å². The minimum absolute atomic E-state index is 0.0286. The van der Waals surface area contributed by atoms with Gasteiger partial charge in [0.05, 0.1) is 6.61 Å². The summed E-state index contributed by atoms with van der Waals surface area (Å²) in [5.41, 5.74) is 3.81. The Kier molecular flexibility index (Phi) is 13.7. The molecular formula is C47H44N4O8S. The zero-order valence-corrected chi connectivity index (χ0v) is 33.3. The maximum absolute atomic E-state index is 13.9. The predicted molar refractivity (Wildman–Crippen MR) is 227 cm³/mol. The van der Waals surface area contributed by atoms with Crippen LogP contribution in [-0.4, -0.2) is 69.6 Å². The van der Waals surface area contributed by atoms with Gasteiger partial charge in [0.1, 0.15) is 23.2 Å². The average Bonchev–Trinajstić information content (AvgIpc) is 3.29. The average molecular weight is 825 g/mol. The SMILES string of the molecule is O=C(CCCC(NC(=O)Nc1ccccc1)C(=O)OC(c1ccccc1)c1ccccc1)NC1C(=O)N2C(C(=O)OC(c3ccccc3)c3ccccc3)=C(CO)CS[C@@H]12. The zero-order chi connectivity index (χ0) is 41.8. The van der Waals surface area contributed by atoms with Gasteiger partial charge in [0.2, 0.25) is 5.91 Å². The van der Waals surface area contributed by atoms with Crippen molar-refractivity contribution in [1.29, 1.82) is 0 Å². The summed E-state index contributed by atoms with van der Waals surface area (Å²) in [5.74, 6) is -2.16. The molecule has 2 aliphatic heterocycles. The Bertz CT molecular complexity index is 2220. The number of benzene rings is 5. The molecular weight excluding hydrogens is 781 g/mol. The fourth-order valence-electron chi connectivity index (χ4n) is 7.13. The van der Waals surface area contributed by atoms with Gasteiger partial charge < -0.3 is 30.5 Å². The second-order valence-corrected chi connectivity index (χ2v) is 15.3. The summed E-state index contributed by atoms with van der Waals surface area (Å²) in [4.78, 5) is 69.2. The first-order valence-corrected chi connectivity index (χ1v) is 20.7. The number of β-lactam (4-membered cyclic amide) rings is 1. The number of aliphatic hydroxyl groups is 1. The van der Waals surface area contributed by atoms with E-state index in [1.54, 1.807) is 24.3 Å². The number of nitrogens with zero attached hydrogens (tertiary/aromatic N) is 1. The number of anilines is 1. The van der Waals surface area contributed by atoms with Crippen molar-refractivity contribution in [3.05, 3.63) is 185 Å². The van der Waals surface area contributed by atoms with Crippen LogP contribution in [0.2, 0.25) is 0 Å². The number of para-hydroxylation sites is 1. The van der Waals surface area contributed by atoms with Crippen LogP contribution in [0.25, 0.3) is 0 Å². The minimum atomic E-state index is -1.13. The molecule has 2 heterocycles. The number of urea groups is 1. The molecule has 0 bridgehead atoms. The number of hydrogen-bond acceptors (Lipinski definition) is 9. The summed E-state index contributed by atoms with van der Waals surface area (Å²) in [5, 5.41) is 17.9. The Morgan fingerprint density at radius 2 is 1.18 bits per heavy atom. The lowest BCUT2D eigenvalue weighted by Gasteiger charge is -2.49. The third-order valence-electron chi connectivity index (χ3n) is 10.1. The molecule has 2 unspecified atom stereocenters. The first kappa shape index (κ1) is 41.5. The molecule has 60 heavy (non-hydrogen) atoms. The number of ether oxygens (including phenoxy) is 2. The molecule has 0 aliphatic carbocycles. The number of hydrogen-bond donors (Lipinski definition) is 4. The molecule has 5 aromatic carbocycles. The van der Waals surface area contributed by atoms with Crippen LogP contribution in [0.5, 0.6) is 0 Å². The van der Waals surface area contributed by atoms with Crippen LogP contribution in [0.15, 0.2) is 163 Å². The van der Waals surface area contributed by atoms with Gasteiger partial charge in [-0.25, -0.2) is 14.4 Å². The first-order valence-electron chi connectivity index (χ1n) is 19.6. The maximum Gasteiger partial charge on any atom is 0.356 e. The lowest BCUT2D eigenvalue weighted by Crippen LogP contribution is -2.70. The van der Waals surface area contributed by atoms with E-state index in [2.05, 4.69) is 16.0 Å². The van der Waals surface area contributed by atoms with Gasteiger partial charge in [-0.15, -0.1) is 11.8 Å². The molecule has 5 aromatic rings. The summed E-state index contributed by atoms with van der Waals surface area (Å²) in [6, 6.07) is 43.1. The van der Waals surface area contributed by atoms with Gasteiger partial charge in [0, 0.05) is 17.9 Å². The molecule has 3 atom stereocenters. The fourth-order valence-corrected chi connectivity index (χ4v) is 8.47. The third kappa shape index (κ3) is 9.93. The zero-order valence-electron chi connectivity index (χ0n) is 32.5. The van der Waals surface area contributed by atoms with Crippen molar-refractivity contribution in [3.8, 4) is 0 Å². The van der Waals surface area contributed by atoms with Crippen molar-refractivity contribution in [3.63, 3.8) is 0 Å². The second kappa shape index (κ2) is 19.8. The van der Waals surface area contributed by atoms with Crippen molar-refractivity contribution in [2.75, 3.05) is 17.7 Å². The van der Waals surface area contributed by atoms with Crippen LogP contribution in [-0.2, 0) is 28.7 Å². The van der Waals surface area contributed by atoms with Gasteiger partial charge in [-0.05, 0) is 52.8 Å². The van der Waals surface area contributed by atoms with Crippen LogP contribution >= 0.6 is 11.8 Å². The summed E-state index contributed by atoms with van der Waals surface area (Å²) >= 11 is 1.32. The first-order chi connectivity index (χ1) is 29.3. The molecule has 2 aliphatic rings. The molecule has 0 saturated carbocycles. The maximum atomic E-state index is 13.9. The highest BCUT2D eigenvalue weighted by atomic mass is 32.2. The largest absolute Gasteiger partial charge is 0.451 e. The summed E-state index contributed by atoms with van der Waals surface area (Å²) in [6.07, 6.45) is -1.38. The number of rotatable bonds is 16. The van der Waals surface area contributed by atoms with E-state index in [0.717, 1.165) is 22.3 Å². The molecule has 4 N–H and O–H groups in total. The highest BCUT2D eigenvalue weighted by Gasteiger charge is 2.54. The van der Waals surface area contributed by atoms with E-state index in [4.69, 9.17) is 9.47 Å². The van der Waals surface area contributed by atoms with E-state index in [1.807, 2.05) is 127 Å². The molecule has 0 spiro atoms. The fraction of sp³-hybridized carbons (Fsp3) is 0.213. The Labute approximate surface area is 352 Å². The molecule has 4 amide bonds. The number of nitrogens with one attached hydrogen (secondary N) is 3. The number of fused-ring (bicyclic) bond motifs is 1. The monoisotopic (exact) mass is 824 g/mol. The normalized spacial score (nSPS) is 16.3. The molecule has 1 saturated heterocycles. The van der Waals surface area contributed by atoms with E-state index >= 15 is 0 Å². The molecule has 306 valence electrons. The number of esters is 2. The molecule has 13 heteroatoms. The van der Waals surface area contributed by atoms with Gasteiger partial charge >= 0.3 is 18.0 Å². The Morgan fingerprint density at radius 1 is 0.700 bits per heavy atom. The van der Waals surface area contributed by atoms with Crippen molar-refractivity contribution in [2.45, 2.75) is 48.9 Å². The van der Waals surface area contributed by atoms with Crippen molar-refractivity contribution in [1.82, 2.24) is 15.5 Å². The van der Waals surface area contributed by atoms with Crippen molar-refractivity contribution >= 4 is 47.2 Å². The summed E-state index contributed by atoms with van der Waals surface area (Å²) in [6.45, 7) is -0.454. The highest BCUT2D eigenvalue weighted by Crippen LogP contribution is 2.41. The molecule has 0 radical (unpaired) electrons. The van der Waals surface area contributed by atoms with Gasteiger partial charge in [-0.1, -0.05) is 140 Å². The van der Waals surface area contributed by atoms with Crippen molar-refractivity contribution in [2.24, 2.45) is 0 Å². The van der Waals surface area contributed by atoms with Crippen LogP contribution in [0.3, 0.4) is 0 Å². The van der Waals surface area contributed by atoms with Gasteiger partial charge in [-0.2, -0.15) is 0 Å². The molecule has 1 fully saturated rings. The Balaban J connectivity index is 1.00. The number of thioether (sulfide) groups is 1. The van der Waals surface area contributed by atoms with Crippen LogP contribution < -0.4 is 16.0 Å². The molecule has 7 rings (SSSR count). The van der Waals surface area contributed by atoms with E-state index in [0.29, 0.717) is 11.3 Å². The third-order valence-corrected chi connectivity index (χ3v) is 11.5. The highest BCUT2D eigenvalue weighted by molar-refractivity contribution is 8.00. The van der Waals surface area contributed by atoms with E-state index in [1.165, 1.54) is 16.7 Å². The smallest absolute Gasteiger partial charge is 0.356 e. The van der Waals surface area contributed by atoms with Gasteiger partial charge in [0.25, 0.3) is 5.91 Å². The van der Waals surface area contributed by atoms with Crippen LogP contribution in [0.4, 0.5) is 10.5 Å². The Hall–Kier alpha value is -6.70. The van der Waals surface area contributed by atoms with Crippen LogP contribution in [0.1, 0.15) is 53.7 Å². The van der Waals surface area contributed by atoms with Gasteiger partial charge in [-0.3, -0.25) is 14.5 Å². The summed E-state index contributed by atoms with van der Waals surface area (Å²) in [7, 11) is 0. The topological polar surface area (TPSA) is 163 Å². The van der Waals surface area contributed by atoms with Gasteiger partial charge in [0.15, 0.2) is 12.2 Å². The Morgan fingerprint density at radius 3 is 1.68 bits per heavy atom. The standard InChI is InChI=1S/C47H44N4O8S/c52-29-35-30-60-44-39(43(54)51(44)40(35)46(56)59-42(33-21-10-3-11-22-33)34-23-12-4-13-24-34)50-38(53)28-16-27-37(49-47(57)48-36-25-14-5-15-26-36)45(55)58-41(31-17-6-1-7-18-31)32-19-8-2-9-20-32/h1-15,17-26,37,39,41-42,44,52H,16,27-30H2,(H,50,53)(H2,48,49,57)/t37?,39?,44-/m0/s1. The number of carbonyl (C=O) groups is 5. The van der Waals surface area contributed by atoms with E-state index < -0.39 is 66.1 Å². The molecule has 0 aromatic heterocycles. The van der Waals surface area contributed by atoms with Crippen LogP contribution in [0, 0.1) is 0 Å².